The molecule has 1 rings (SSSR count). The third-order valence-corrected chi connectivity index (χ3v) is 4.68. The Morgan fingerprint density at radius 3 is 2.32 bits per heavy atom. The number of hydrogen-bond acceptors (Lipinski definition) is 5. The topological polar surface area (TPSA) is 84.9 Å². The summed E-state index contributed by atoms with van der Waals surface area (Å²) in [5.74, 6) is 0.729. The first-order chi connectivity index (χ1) is 8.81. The predicted molar refractivity (Wildman–Crippen MR) is 74.1 cm³/mol. The second-order valence-corrected chi connectivity index (χ2v) is 6.43. The number of aliphatic hydroxyl groups is 1. The molecule has 1 aromatic rings. The van der Waals surface area contributed by atoms with Gasteiger partial charge in [-0.2, -0.15) is 0 Å². The van der Waals surface area contributed by atoms with Crippen molar-refractivity contribution in [2.75, 3.05) is 20.8 Å². The van der Waals surface area contributed by atoms with Gasteiger partial charge in [-0.15, -0.1) is 0 Å². The Morgan fingerprint density at radius 2 is 1.84 bits per heavy atom. The van der Waals surface area contributed by atoms with Crippen LogP contribution in [0.1, 0.15) is 6.92 Å². The Hall–Kier alpha value is -0.830. The van der Waals surface area contributed by atoms with E-state index in [-0.39, 0.29) is 11.4 Å². The third kappa shape index (κ3) is 4.07. The van der Waals surface area contributed by atoms with Crippen molar-refractivity contribution in [1.29, 1.82) is 0 Å². The lowest BCUT2D eigenvalue weighted by atomic mass is 10.3. The molecule has 6 nitrogen and oxygen atoms in total. The van der Waals surface area contributed by atoms with Gasteiger partial charge in [0.15, 0.2) is 11.5 Å². The zero-order valence-electron chi connectivity index (χ0n) is 10.8. The lowest BCUT2D eigenvalue weighted by molar-refractivity contribution is 0.198. The summed E-state index contributed by atoms with van der Waals surface area (Å²) in [7, 11) is -0.852. The number of nitrogens with one attached hydrogen (secondary N) is 1. The molecule has 0 heterocycles. The normalized spacial score (nSPS) is 13.1. The van der Waals surface area contributed by atoms with Gasteiger partial charge in [0.05, 0.1) is 20.3 Å². The number of sulfonamides is 1. The highest BCUT2D eigenvalue weighted by Gasteiger charge is 2.21. The summed E-state index contributed by atoms with van der Waals surface area (Å²) in [6.07, 6.45) is -0.770. The van der Waals surface area contributed by atoms with Crippen LogP contribution in [0.4, 0.5) is 0 Å². The van der Waals surface area contributed by atoms with Crippen molar-refractivity contribution >= 4 is 26.0 Å². The van der Waals surface area contributed by atoms with Crippen LogP contribution in [0.2, 0.25) is 0 Å². The molecule has 0 radical (unpaired) electrons. The fourth-order valence-electron chi connectivity index (χ4n) is 1.35. The standard InChI is InChI=1S/C11H16BrNO5S/c1-7(14)6-13-19(15,16)11-5-10(18-3)9(17-2)4-8(11)12/h4-5,7,13-14H,6H2,1-3H3. The van der Waals surface area contributed by atoms with E-state index in [1.807, 2.05) is 0 Å². The van der Waals surface area contributed by atoms with Crippen molar-refractivity contribution in [2.45, 2.75) is 17.9 Å². The summed E-state index contributed by atoms with van der Waals surface area (Å²) in [5.41, 5.74) is 0. The first kappa shape index (κ1) is 16.2. The number of hydrogen-bond donors (Lipinski definition) is 2. The molecule has 0 aliphatic carbocycles. The molecule has 8 heteroatoms. The minimum Gasteiger partial charge on any atom is -0.493 e. The SMILES string of the molecule is COc1cc(Br)c(S(=O)(=O)NCC(C)O)cc1OC. The number of rotatable bonds is 6. The largest absolute Gasteiger partial charge is 0.493 e. The number of halogens is 1. The van der Waals surface area contributed by atoms with Gasteiger partial charge in [-0.25, -0.2) is 13.1 Å². The monoisotopic (exact) mass is 353 g/mol. The van der Waals surface area contributed by atoms with Crippen molar-refractivity contribution in [3.63, 3.8) is 0 Å². The van der Waals surface area contributed by atoms with Crippen molar-refractivity contribution in [3.05, 3.63) is 16.6 Å². The van der Waals surface area contributed by atoms with E-state index in [0.717, 1.165) is 0 Å². The summed E-state index contributed by atoms with van der Waals surface area (Å²) < 4.78 is 36.9. The van der Waals surface area contributed by atoms with Crippen molar-refractivity contribution in [2.24, 2.45) is 0 Å². The quantitative estimate of drug-likeness (QED) is 0.800. The summed E-state index contributed by atoms with van der Waals surface area (Å²) in [6, 6.07) is 2.86. The van der Waals surface area contributed by atoms with Crippen molar-refractivity contribution < 1.29 is 23.0 Å². The molecular formula is C11H16BrNO5S. The van der Waals surface area contributed by atoms with E-state index < -0.39 is 16.1 Å². The molecule has 0 aliphatic heterocycles. The smallest absolute Gasteiger partial charge is 0.241 e. The van der Waals surface area contributed by atoms with Gasteiger partial charge in [0.1, 0.15) is 4.90 Å². The third-order valence-electron chi connectivity index (χ3n) is 2.30. The van der Waals surface area contributed by atoms with Crippen molar-refractivity contribution in [1.82, 2.24) is 4.72 Å². The Labute approximate surface area is 120 Å². The highest BCUT2D eigenvalue weighted by Crippen LogP contribution is 2.35. The molecule has 0 saturated carbocycles. The van der Waals surface area contributed by atoms with Gasteiger partial charge >= 0.3 is 0 Å². The Balaban J connectivity index is 3.19. The lowest BCUT2D eigenvalue weighted by Crippen LogP contribution is -2.30. The maximum absolute atomic E-state index is 12.1. The van der Waals surface area contributed by atoms with Crippen LogP contribution in [0.5, 0.6) is 11.5 Å². The molecule has 0 bridgehead atoms. The molecule has 1 aromatic carbocycles. The fourth-order valence-corrected chi connectivity index (χ4v) is 3.51. The van der Waals surface area contributed by atoms with Crippen LogP contribution in [0.15, 0.2) is 21.5 Å². The van der Waals surface area contributed by atoms with Crippen LogP contribution in [0.3, 0.4) is 0 Å². The molecule has 0 aromatic heterocycles. The minimum absolute atomic E-state index is 0.0193. The molecule has 0 spiro atoms. The first-order valence-electron chi connectivity index (χ1n) is 5.41. The van der Waals surface area contributed by atoms with Gasteiger partial charge < -0.3 is 14.6 Å². The lowest BCUT2D eigenvalue weighted by Gasteiger charge is -2.13. The summed E-state index contributed by atoms with van der Waals surface area (Å²) in [6.45, 7) is 1.43. The number of aliphatic hydroxyl groups excluding tert-OH is 1. The van der Waals surface area contributed by atoms with Gasteiger partial charge in [-0.05, 0) is 28.9 Å². The van der Waals surface area contributed by atoms with E-state index in [2.05, 4.69) is 20.7 Å². The highest BCUT2D eigenvalue weighted by molar-refractivity contribution is 9.10. The van der Waals surface area contributed by atoms with E-state index in [0.29, 0.717) is 16.0 Å². The van der Waals surface area contributed by atoms with E-state index in [1.54, 1.807) is 0 Å². The highest BCUT2D eigenvalue weighted by atomic mass is 79.9. The van der Waals surface area contributed by atoms with E-state index >= 15 is 0 Å². The van der Waals surface area contributed by atoms with Gasteiger partial charge in [-0.1, -0.05) is 0 Å². The molecule has 108 valence electrons. The minimum atomic E-state index is -3.74. The molecule has 2 N–H and O–H groups in total. The molecule has 0 saturated heterocycles. The van der Waals surface area contributed by atoms with Crippen LogP contribution in [-0.2, 0) is 10.0 Å². The van der Waals surface area contributed by atoms with Crippen LogP contribution in [0, 0.1) is 0 Å². The zero-order valence-corrected chi connectivity index (χ0v) is 13.2. The molecular weight excluding hydrogens is 338 g/mol. The van der Waals surface area contributed by atoms with Gasteiger partial charge in [0.2, 0.25) is 10.0 Å². The zero-order chi connectivity index (χ0) is 14.6. The maximum Gasteiger partial charge on any atom is 0.241 e. The predicted octanol–water partition coefficient (Wildman–Crippen LogP) is 1.13. The van der Waals surface area contributed by atoms with E-state index in [4.69, 9.17) is 14.6 Å². The van der Waals surface area contributed by atoms with Gasteiger partial charge in [-0.3, -0.25) is 0 Å². The average molecular weight is 354 g/mol. The van der Waals surface area contributed by atoms with Gasteiger partial charge in [0.25, 0.3) is 0 Å². The number of methoxy groups -OCH3 is 2. The summed E-state index contributed by atoms with van der Waals surface area (Å²) in [4.78, 5) is 0.0193. The van der Waals surface area contributed by atoms with Crippen LogP contribution in [0.25, 0.3) is 0 Å². The molecule has 0 aliphatic rings. The van der Waals surface area contributed by atoms with Crippen LogP contribution < -0.4 is 14.2 Å². The fraction of sp³-hybridized carbons (Fsp3) is 0.455. The first-order valence-corrected chi connectivity index (χ1v) is 7.68. The van der Waals surface area contributed by atoms with Crippen LogP contribution >= 0.6 is 15.9 Å². The second kappa shape index (κ2) is 6.56. The Bertz CT molecular complexity index is 544. The van der Waals surface area contributed by atoms with Crippen molar-refractivity contribution in [3.8, 4) is 11.5 Å². The molecule has 1 unspecified atom stereocenters. The number of ether oxygens (including phenoxy) is 2. The molecule has 19 heavy (non-hydrogen) atoms. The van der Waals surface area contributed by atoms with E-state index in [9.17, 15) is 8.42 Å². The Kier molecular flexibility index (Phi) is 5.60. The maximum atomic E-state index is 12.1. The second-order valence-electron chi connectivity index (χ2n) is 3.84. The Morgan fingerprint density at radius 1 is 1.32 bits per heavy atom. The molecule has 1 atom stereocenters. The van der Waals surface area contributed by atoms with Gasteiger partial charge in [0, 0.05) is 17.1 Å². The molecule has 0 fully saturated rings. The summed E-state index contributed by atoms with van der Waals surface area (Å²) in [5, 5.41) is 9.13. The number of benzene rings is 1. The van der Waals surface area contributed by atoms with E-state index in [1.165, 1.54) is 33.3 Å². The molecule has 0 amide bonds. The summed E-state index contributed by atoms with van der Waals surface area (Å²) >= 11 is 3.18. The van der Waals surface area contributed by atoms with Crippen LogP contribution in [-0.4, -0.2) is 40.4 Å². The average Bonchev–Trinajstić information content (AvgIpc) is 2.35.